The number of hydrogen-bond acceptors (Lipinski definition) is 4. The number of phenols is 1. The fraction of sp³-hybridized carbons (Fsp3) is 0.300. The number of hydrogen-bond donors (Lipinski definition) is 4. The number of nitrogens with two attached hydrogens (primary N) is 1. The summed E-state index contributed by atoms with van der Waals surface area (Å²) in [6, 6.07) is 4.97. The minimum absolute atomic E-state index is 0.0813. The van der Waals surface area contributed by atoms with Crippen molar-refractivity contribution in [3.8, 4) is 5.75 Å². The third-order valence-corrected chi connectivity index (χ3v) is 2.05. The average Bonchev–Trinajstić information content (AvgIpc) is 2.17. The van der Waals surface area contributed by atoms with Crippen LogP contribution in [0.4, 0.5) is 0 Å². The maximum Gasteiger partial charge on any atom is 0.305 e. The van der Waals surface area contributed by atoms with E-state index in [0.717, 1.165) is 0 Å². The van der Waals surface area contributed by atoms with Gasteiger partial charge in [-0.25, -0.2) is 0 Å². The van der Waals surface area contributed by atoms with Crippen molar-refractivity contribution in [2.75, 3.05) is 0 Å². The lowest BCUT2D eigenvalue weighted by Gasteiger charge is -2.17. The van der Waals surface area contributed by atoms with Gasteiger partial charge >= 0.3 is 5.97 Å². The molecule has 82 valence electrons. The Labute approximate surface area is 86.8 Å². The van der Waals surface area contributed by atoms with Crippen LogP contribution in [-0.4, -0.2) is 27.3 Å². The third-order valence-electron chi connectivity index (χ3n) is 2.05. The molecule has 2 unspecified atom stereocenters. The molecule has 0 aliphatic heterocycles. The van der Waals surface area contributed by atoms with E-state index < -0.39 is 18.1 Å². The first-order valence-corrected chi connectivity index (χ1v) is 4.45. The Morgan fingerprint density at radius 2 is 1.87 bits per heavy atom. The summed E-state index contributed by atoms with van der Waals surface area (Å²) in [6.45, 7) is 0. The third kappa shape index (κ3) is 3.23. The summed E-state index contributed by atoms with van der Waals surface area (Å²) in [5.41, 5.74) is 5.98. The molecule has 0 amide bonds. The summed E-state index contributed by atoms with van der Waals surface area (Å²) in [4.78, 5) is 10.4. The van der Waals surface area contributed by atoms with Crippen molar-refractivity contribution < 1.29 is 20.1 Å². The zero-order valence-electron chi connectivity index (χ0n) is 8.00. The maximum absolute atomic E-state index is 10.4. The molecular weight excluding hydrogens is 198 g/mol. The molecule has 1 rings (SSSR count). The van der Waals surface area contributed by atoms with Gasteiger partial charge in [-0.2, -0.15) is 0 Å². The molecule has 0 bridgehead atoms. The van der Waals surface area contributed by atoms with Crippen LogP contribution in [0.3, 0.4) is 0 Å². The fourth-order valence-corrected chi connectivity index (χ4v) is 1.23. The number of benzene rings is 1. The summed E-state index contributed by atoms with van der Waals surface area (Å²) >= 11 is 0. The van der Waals surface area contributed by atoms with Crippen molar-refractivity contribution in [2.45, 2.75) is 18.6 Å². The van der Waals surface area contributed by atoms with E-state index in [4.69, 9.17) is 15.9 Å². The molecule has 15 heavy (non-hydrogen) atoms. The van der Waals surface area contributed by atoms with Gasteiger partial charge in [0, 0.05) is 6.04 Å². The molecule has 0 spiro atoms. The van der Waals surface area contributed by atoms with Crippen molar-refractivity contribution in [3.63, 3.8) is 0 Å². The number of phenolic OH excluding ortho intramolecular Hbond substituents is 1. The second-order valence-electron chi connectivity index (χ2n) is 3.30. The number of aliphatic carboxylic acids is 1. The van der Waals surface area contributed by atoms with E-state index in [9.17, 15) is 9.90 Å². The molecule has 0 aliphatic rings. The van der Waals surface area contributed by atoms with Crippen LogP contribution in [0.15, 0.2) is 24.3 Å². The first-order valence-electron chi connectivity index (χ1n) is 4.45. The van der Waals surface area contributed by atoms with Crippen molar-refractivity contribution in [1.82, 2.24) is 0 Å². The minimum atomic E-state index is -1.06. The largest absolute Gasteiger partial charge is 0.508 e. The summed E-state index contributed by atoms with van der Waals surface area (Å²) in [6.07, 6.45) is -1.34. The molecule has 5 N–H and O–H groups in total. The standard InChI is InChI=1S/C10H13NO4/c11-8(5-9(13)14)10(15)6-1-3-7(12)4-2-6/h1-4,8,10,12,15H,5,11H2,(H,13,14). The number of aliphatic hydroxyl groups excluding tert-OH is 1. The van der Waals surface area contributed by atoms with Crippen LogP contribution in [0, 0.1) is 0 Å². The highest BCUT2D eigenvalue weighted by Gasteiger charge is 2.19. The summed E-state index contributed by atoms with van der Waals surface area (Å²) < 4.78 is 0. The Balaban J connectivity index is 2.71. The monoisotopic (exact) mass is 211 g/mol. The SMILES string of the molecule is NC(CC(=O)O)C(O)c1ccc(O)cc1. The van der Waals surface area contributed by atoms with Gasteiger partial charge < -0.3 is 21.1 Å². The molecule has 5 heteroatoms. The van der Waals surface area contributed by atoms with Crippen molar-refractivity contribution in [2.24, 2.45) is 5.73 Å². The zero-order valence-corrected chi connectivity index (χ0v) is 8.00. The quantitative estimate of drug-likeness (QED) is 0.570. The van der Waals surface area contributed by atoms with Crippen LogP contribution in [0.2, 0.25) is 0 Å². The van der Waals surface area contributed by atoms with E-state index in [1.54, 1.807) is 0 Å². The van der Waals surface area contributed by atoms with Crippen molar-refractivity contribution in [1.29, 1.82) is 0 Å². The molecular formula is C10H13NO4. The lowest BCUT2D eigenvalue weighted by molar-refractivity contribution is -0.138. The van der Waals surface area contributed by atoms with Gasteiger partial charge in [0.25, 0.3) is 0 Å². The second kappa shape index (κ2) is 4.77. The predicted molar refractivity (Wildman–Crippen MR) is 53.3 cm³/mol. The topological polar surface area (TPSA) is 104 Å². The molecule has 5 nitrogen and oxygen atoms in total. The molecule has 0 saturated heterocycles. The highest BCUT2D eigenvalue weighted by molar-refractivity contribution is 5.67. The van der Waals surface area contributed by atoms with Crippen LogP contribution >= 0.6 is 0 Å². The van der Waals surface area contributed by atoms with Gasteiger partial charge in [-0.3, -0.25) is 4.79 Å². The smallest absolute Gasteiger partial charge is 0.305 e. The van der Waals surface area contributed by atoms with Gasteiger partial charge in [0.1, 0.15) is 5.75 Å². The van der Waals surface area contributed by atoms with Crippen molar-refractivity contribution >= 4 is 5.97 Å². The molecule has 0 aliphatic carbocycles. The number of carbonyl (C=O) groups is 1. The van der Waals surface area contributed by atoms with Crippen molar-refractivity contribution in [3.05, 3.63) is 29.8 Å². The molecule has 0 fully saturated rings. The molecule has 0 heterocycles. The van der Waals surface area contributed by atoms with Crippen LogP contribution in [-0.2, 0) is 4.79 Å². The van der Waals surface area contributed by atoms with Crippen LogP contribution < -0.4 is 5.73 Å². The fourth-order valence-electron chi connectivity index (χ4n) is 1.23. The number of rotatable bonds is 4. The van der Waals surface area contributed by atoms with Crippen LogP contribution in [0.25, 0.3) is 0 Å². The van der Waals surface area contributed by atoms with Gasteiger partial charge in [-0.05, 0) is 17.7 Å². The minimum Gasteiger partial charge on any atom is -0.508 e. The van der Waals surface area contributed by atoms with Gasteiger partial charge in [-0.15, -0.1) is 0 Å². The lowest BCUT2D eigenvalue weighted by Crippen LogP contribution is -2.30. The molecule has 0 aromatic heterocycles. The molecule has 2 atom stereocenters. The van der Waals surface area contributed by atoms with E-state index >= 15 is 0 Å². The Hall–Kier alpha value is -1.59. The number of carboxylic acids is 1. The Morgan fingerprint density at radius 3 is 2.33 bits per heavy atom. The summed E-state index contributed by atoms with van der Waals surface area (Å²) in [7, 11) is 0. The van der Waals surface area contributed by atoms with Crippen LogP contribution in [0.1, 0.15) is 18.1 Å². The molecule has 0 saturated carbocycles. The number of aromatic hydroxyl groups is 1. The Kier molecular flexibility index (Phi) is 3.65. The number of aliphatic hydroxyl groups is 1. The molecule has 1 aromatic rings. The van der Waals surface area contributed by atoms with Gasteiger partial charge in [0.15, 0.2) is 0 Å². The zero-order chi connectivity index (χ0) is 11.4. The highest BCUT2D eigenvalue weighted by atomic mass is 16.4. The van der Waals surface area contributed by atoms with Gasteiger partial charge in [-0.1, -0.05) is 12.1 Å². The van der Waals surface area contributed by atoms with E-state index in [1.807, 2.05) is 0 Å². The Bertz CT molecular complexity index is 336. The van der Waals surface area contributed by atoms with E-state index in [-0.39, 0.29) is 12.2 Å². The van der Waals surface area contributed by atoms with E-state index in [2.05, 4.69) is 0 Å². The lowest BCUT2D eigenvalue weighted by atomic mass is 10.0. The molecule has 0 radical (unpaired) electrons. The average molecular weight is 211 g/mol. The molecule has 1 aromatic carbocycles. The van der Waals surface area contributed by atoms with E-state index in [1.165, 1.54) is 24.3 Å². The predicted octanol–water partition coefficient (Wildman–Crippen LogP) is 0.228. The second-order valence-corrected chi connectivity index (χ2v) is 3.30. The first kappa shape index (κ1) is 11.5. The van der Waals surface area contributed by atoms with E-state index in [0.29, 0.717) is 5.56 Å². The Morgan fingerprint density at radius 1 is 1.33 bits per heavy atom. The van der Waals surface area contributed by atoms with Gasteiger partial charge in [0.2, 0.25) is 0 Å². The number of carboxylic acid groups (broad SMARTS) is 1. The summed E-state index contributed by atoms with van der Waals surface area (Å²) in [5, 5.41) is 27.2. The maximum atomic E-state index is 10.4. The first-order chi connectivity index (χ1) is 7.00. The summed E-state index contributed by atoms with van der Waals surface area (Å²) in [5.74, 6) is -0.974. The van der Waals surface area contributed by atoms with Gasteiger partial charge in [0.05, 0.1) is 12.5 Å². The normalized spacial score (nSPS) is 14.5. The highest BCUT2D eigenvalue weighted by Crippen LogP contribution is 2.19. The van der Waals surface area contributed by atoms with Crippen LogP contribution in [0.5, 0.6) is 5.75 Å².